The van der Waals surface area contributed by atoms with Gasteiger partial charge in [0.1, 0.15) is 9.88 Å². The molecule has 0 saturated carbocycles. The van der Waals surface area contributed by atoms with Crippen LogP contribution in [0, 0.1) is 6.92 Å². The van der Waals surface area contributed by atoms with Crippen molar-refractivity contribution in [2.24, 2.45) is 0 Å². The number of benzene rings is 1. The first-order valence-corrected chi connectivity index (χ1v) is 10.2. The molecule has 0 spiro atoms. The number of aryl methyl sites for hydroxylation is 2. The molecule has 0 fully saturated rings. The lowest BCUT2D eigenvalue weighted by molar-refractivity contribution is -0.124. The van der Waals surface area contributed by atoms with Crippen molar-refractivity contribution in [2.45, 2.75) is 33.2 Å². The van der Waals surface area contributed by atoms with E-state index >= 15 is 0 Å². The van der Waals surface area contributed by atoms with Gasteiger partial charge >= 0.3 is 5.97 Å². The third-order valence-corrected chi connectivity index (χ3v) is 5.63. The first-order chi connectivity index (χ1) is 14.0. The van der Waals surface area contributed by atoms with Crippen LogP contribution in [0.25, 0.3) is 10.7 Å². The number of hydrogen-bond donors (Lipinski definition) is 1. The molecule has 0 unspecified atom stereocenters. The Balaban J connectivity index is 1.56. The van der Waals surface area contributed by atoms with Crippen LogP contribution < -0.4 is 5.32 Å². The highest BCUT2D eigenvalue weighted by atomic mass is 32.1. The minimum atomic E-state index is -0.558. The van der Waals surface area contributed by atoms with Gasteiger partial charge in [-0.05, 0) is 43.5 Å². The number of ether oxygens (including phenoxy) is 1. The molecule has 6 nitrogen and oxygen atoms in total. The molecule has 3 aromatic rings. The van der Waals surface area contributed by atoms with Gasteiger partial charge in [-0.3, -0.25) is 9.78 Å². The van der Waals surface area contributed by atoms with Gasteiger partial charge in [-0.15, -0.1) is 11.3 Å². The van der Waals surface area contributed by atoms with Crippen molar-refractivity contribution in [3.63, 3.8) is 0 Å². The van der Waals surface area contributed by atoms with Crippen molar-refractivity contribution < 1.29 is 14.3 Å². The Hall–Kier alpha value is -3.06. The molecule has 0 aliphatic rings. The largest absolute Gasteiger partial charge is 0.451 e. The number of rotatable bonds is 7. The minimum absolute atomic E-state index is 0.173. The number of carbonyl (C=O) groups excluding carboxylic acids is 2. The number of thiazole rings is 1. The van der Waals surface area contributed by atoms with Crippen LogP contribution >= 0.6 is 11.3 Å². The van der Waals surface area contributed by atoms with Gasteiger partial charge < -0.3 is 10.1 Å². The number of pyridine rings is 1. The van der Waals surface area contributed by atoms with Gasteiger partial charge in [-0.25, -0.2) is 9.78 Å². The van der Waals surface area contributed by atoms with Crippen molar-refractivity contribution >= 4 is 23.2 Å². The second-order valence-electron chi connectivity index (χ2n) is 6.61. The Morgan fingerprint density at radius 1 is 1.17 bits per heavy atom. The predicted molar refractivity (Wildman–Crippen MR) is 113 cm³/mol. The van der Waals surface area contributed by atoms with E-state index in [4.69, 9.17) is 4.74 Å². The summed E-state index contributed by atoms with van der Waals surface area (Å²) in [5.74, 6) is -0.908. The van der Waals surface area contributed by atoms with Gasteiger partial charge in [0.05, 0.1) is 17.4 Å². The zero-order valence-electron chi connectivity index (χ0n) is 16.6. The van der Waals surface area contributed by atoms with E-state index in [9.17, 15) is 9.59 Å². The highest BCUT2D eigenvalue weighted by Gasteiger charge is 2.19. The fourth-order valence-corrected chi connectivity index (χ4v) is 3.73. The molecule has 3 rings (SSSR count). The Bertz CT molecular complexity index is 984. The van der Waals surface area contributed by atoms with Gasteiger partial charge in [0.25, 0.3) is 5.91 Å². The van der Waals surface area contributed by atoms with Crippen LogP contribution in [0.4, 0.5) is 0 Å². The average molecular weight is 410 g/mol. The quantitative estimate of drug-likeness (QED) is 0.594. The Morgan fingerprint density at radius 2 is 1.93 bits per heavy atom. The summed E-state index contributed by atoms with van der Waals surface area (Å²) in [6.45, 7) is 5.39. The standard InChI is InChI=1S/C22H23N3O3S/c1-4-16-8-10-17(11-9-16)14(2)24-19(26)13-28-22(27)20-15(3)25-21(29-20)18-7-5-6-12-23-18/h5-12,14H,4,13H2,1-3H3,(H,24,26)/t14-/m0/s1. The highest BCUT2D eigenvalue weighted by molar-refractivity contribution is 7.17. The number of hydrogen-bond acceptors (Lipinski definition) is 6. The summed E-state index contributed by atoms with van der Waals surface area (Å²) in [6.07, 6.45) is 2.64. The number of nitrogens with one attached hydrogen (secondary N) is 1. The molecule has 0 saturated heterocycles. The molecule has 2 heterocycles. The van der Waals surface area contributed by atoms with E-state index in [-0.39, 0.29) is 18.6 Å². The number of aromatic nitrogens is 2. The molecule has 1 atom stereocenters. The van der Waals surface area contributed by atoms with Gasteiger partial charge in [0.15, 0.2) is 6.61 Å². The summed E-state index contributed by atoms with van der Waals surface area (Å²) in [5, 5.41) is 3.49. The maximum atomic E-state index is 12.4. The summed E-state index contributed by atoms with van der Waals surface area (Å²) in [7, 11) is 0. The Labute approximate surface area is 174 Å². The van der Waals surface area contributed by atoms with Crippen LogP contribution in [0.3, 0.4) is 0 Å². The average Bonchev–Trinajstić information content (AvgIpc) is 3.14. The van der Waals surface area contributed by atoms with Gasteiger partial charge in [-0.2, -0.15) is 0 Å². The molecule has 0 radical (unpaired) electrons. The van der Waals surface area contributed by atoms with E-state index in [1.807, 2.05) is 49.4 Å². The fraction of sp³-hybridized carbons (Fsp3) is 0.273. The van der Waals surface area contributed by atoms with E-state index in [2.05, 4.69) is 22.2 Å². The number of carbonyl (C=O) groups is 2. The van der Waals surface area contributed by atoms with Gasteiger partial charge in [0.2, 0.25) is 0 Å². The lowest BCUT2D eigenvalue weighted by Crippen LogP contribution is -2.31. The SMILES string of the molecule is CCc1ccc([C@H](C)NC(=O)COC(=O)c2sc(-c3ccccn3)nc2C)cc1. The summed E-state index contributed by atoms with van der Waals surface area (Å²) < 4.78 is 5.19. The summed E-state index contributed by atoms with van der Waals surface area (Å²) >= 11 is 1.21. The van der Waals surface area contributed by atoms with E-state index in [0.717, 1.165) is 12.0 Å². The summed E-state index contributed by atoms with van der Waals surface area (Å²) in [4.78, 5) is 33.6. The van der Waals surface area contributed by atoms with Crippen LogP contribution in [-0.2, 0) is 16.0 Å². The van der Waals surface area contributed by atoms with E-state index < -0.39 is 5.97 Å². The second kappa shape index (κ2) is 9.43. The van der Waals surface area contributed by atoms with E-state index in [1.54, 1.807) is 13.1 Å². The molecule has 1 N–H and O–H groups in total. The zero-order valence-corrected chi connectivity index (χ0v) is 17.5. The first kappa shape index (κ1) is 20.7. The van der Waals surface area contributed by atoms with Crippen LogP contribution in [0.5, 0.6) is 0 Å². The summed E-state index contributed by atoms with van der Waals surface area (Å²) in [5.41, 5.74) is 3.50. The third kappa shape index (κ3) is 5.26. The molecule has 0 aliphatic heterocycles. The number of nitrogens with zero attached hydrogens (tertiary/aromatic N) is 2. The molecular weight excluding hydrogens is 386 g/mol. The maximum Gasteiger partial charge on any atom is 0.350 e. The van der Waals surface area contributed by atoms with Crippen LogP contribution in [0.1, 0.15) is 46.4 Å². The number of amides is 1. The normalized spacial score (nSPS) is 11.7. The molecular formula is C22H23N3O3S. The molecule has 0 bridgehead atoms. The van der Waals surface area contributed by atoms with Crippen LogP contribution in [0.2, 0.25) is 0 Å². The topological polar surface area (TPSA) is 81.2 Å². The smallest absolute Gasteiger partial charge is 0.350 e. The highest BCUT2D eigenvalue weighted by Crippen LogP contribution is 2.26. The van der Waals surface area contributed by atoms with Crippen LogP contribution in [-0.4, -0.2) is 28.5 Å². The van der Waals surface area contributed by atoms with Gasteiger partial charge in [0, 0.05) is 6.20 Å². The molecule has 2 aromatic heterocycles. The molecule has 7 heteroatoms. The van der Waals surface area contributed by atoms with Crippen molar-refractivity contribution in [1.29, 1.82) is 0 Å². The van der Waals surface area contributed by atoms with Crippen LogP contribution in [0.15, 0.2) is 48.7 Å². The third-order valence-electron chi connectivity index (χ3n) is 4.47. The first-order valence-electron chi connectivity index (χ1n) is 9.42. The predicted octanol–water partition coefficient (Wildman–Crippen LogP) is 4.11. The Morgan fingerprint density at radius 3 is 2.59 bits per heavy atom. The molecule has 29 heavy (non-hydrogen) atoms. The molecule has 150 valence electrons. The van der Waals surface area contributed by atoms with E-state index in [1.165, 1.54) is 16.9 Å². The van der Waals surface area contributed by atoms with Crippen molar-refractivity contribution in [3.8, 4) is 10.7 Å². The summed E-state index contributed by atoms with van der Waals surface area (Å²) in [6, 6.07) is 13.4. The lowest BCUT2D eigenvalue weighted by Gasteiger charge is -2.14. The van der Waals surface area contributed by atoms with Crippen molar-refractivity contribution in [2.75, 3.05) is 6.61 Å². The van der Waals surface area contributed by atoms with Crippen molar-refractivity contribution in [3.05, 3.63) is 70.4 Å². The molecule has 0 aliphatic carbocycles. The maximum absolute atomic E-state index is 12.4. The number of esters is 1. The molecule has 1 aromatic carbocycles. The zero-order chi connectivity index (χ0) is 20.8. The second-order valence-corrected chi connectivity index (χ2v) is 7.61. The monoisotopic (exact) mass is 409 g/mol. The minimum Gasteiger partial charge on any atom is -0.451 e. The molecule has 1 amide bonds. The van der Waals surface area contributed by atoms with E-state index in [0.29, 0.717) is 21.3 Å². The van der Waals surface area contributed by atoms with Gasteiger partial charge in [-0.1, -0.05) is 37.3 Å². The van der Waals surface area contributed by atoms with Crippen molar-refractivity contribution in [1.82, 2.24) is 15.3 Å². The Kier molecular flexibility index (Phi) is 6.72. The lowest BCUT2D eigenvalue weighted by atomic mass is 10.1. The fourth-order valence-electron chi connectivity index (χ4n) is 2.79.